The first kappa shape index (κ1) is 20.7. The smallest absolute Gasteiger partial charge is 0.243 e. The van der Waals surface area contributed by atoms with Gasteiger partial charge in [-0.1, -0.05) is 13.0 Å². The summed E-state index contributed by atoms with van der Waals surface area (Å²) >= 11 is 0. The molecule has 1 aliphatic heterocycles. The van der Waals surface area contributed by atoms with Crippen LogP contribution in [0.15, 0.2) is 42.5 Å². The Bertz CT molecular complexity index is 842. The fourth-order valence-corrected chi connectivity index (χ4v) is 3.51. The van der Waals surface area contributed by atoms with Gasteiger partial charge < -0.3 is 20.9 Å². The predicted octanol–water partition coefficient (Wildman–Crippen LogP) is 4.38. The molecule has 0 spiro atoms. The van der Waals surface area contributed by atoms with Crippen molar-refractivity contribution >= 4 is 34.6 Å². The minimum Gasteiger partial charge on any atom is -0.376 e. The Morgan fingerprint density at radius 3 is 2.31 bits per heavy atom. The van der Waals surface area contributed by atoms with E-state index in [0.29, 0.717) is 6.42 Å². The summed E-state index contributed by atoms with van der Waals surface area (Å²) < 4.78 is 0. The van der Waals surface area contributed by atoms with Crippen LogP contribution in [0.5, 0.6) is 0 Å². The maximum absolute atomic E-state index is 12.3. The second-order valence-corrected chi connectivity index (χ2v) is 7.42. The Labute approximate surface area is 172 Å². The van der Waals surface area contributed by atoms with Gasteiger partial charge in [-0.3, -0.25) is 9.59 Å². The predicted molar refractivity (Wildman–Crippen MR) is 120 cm³/mol. The fourth-order valence-electron chi connectivity index (χ4n) is 3.51. The van der Waals surface area contributed by atoms with Gasteiger partial charge in [0.1, 0.15) is 0 Å². The van der Waals surface area contributed by atoms with Crippen LogP contribution in [0, 0.1) is 6.92 Å². The summed E-state index contributed by atoms with van der Waals surface area (Å²) in [7, 11) is 0. The second kappa shape index (κ2) is 9.96. The number of carbonyl (C=O) groups excluding carboxylic acids is 2. The van der Waals surface area contributed by atoms with Crippen LogP contribution in [0.4, 0.5) is 22.7 Å². The average molecular weight is 395 g/mol. The number of anilines is 4. The molecule has 2 aromatic carbocycles. The highest BCUT2D eigenvalue weighted by Crippen LogP contribution is 2.24. The normalized spacial score (nSPS) is 13.2. The van der Waals surface area contributed by atoms with Crippen molar-refractivity contribution in [2.24, 2.45) is 0 Å². The van der Waals surface area contributed by atoms with Gasteiger partial charge in [0.2, 0.25) is 11.8 Å². The maximum atomic E-state index is 12.3. The molecule has 6 nitrogen and oxygen atoms in total. The van der Waals surface area contributed by atoms with E-state index >= 15 is 0 Å². The van der Waals surface area contributed by atoms with E-state index in [0.717, 1.165) is 42.1 Å². The van der Waals surface area contributed by atoms with Gasteiger partial charge >= 0.3 is 0 Å². The largest absolute Gasteiger partial charge is 0.376 e. The Hall–Kier alpha value is -3.02. The van der Waals surface area contributed by atoms with Crippen molar-refractivity contribution in [2.45, 2.75) is 39.5 Å². The van der Waals surface area contributed by atoms with Gasteiger partial charge in [0.15, 0.2) is 0 Å². The number of rotatable bonds is 8. The number of nitrogens with one attached hydrogen (secondary N) is 3. The highest BCUT2D eigenvalue weighted by molar-refractivity contribution is 5.95. The molecule has 3 rings (SSSR count). The van der Waals surface area contributed by atoms with Crippen LogP contribution in [-0.2, 0) is 9.59 Å². The van der Waals surface area contributed by atoms with E-state index in [2.05, 4.69) is 33.0 Å². The van der Waals surface area contributed by atoms with Crippen LogP contribution in [-0.4, -0.2) is 31.4 Å². The lowest BCUT2D eigenvalue weighted by atomic mass is 10.1. The first-order valence-corrected chi connectivity index (χ1v) is 10.3. The lowest BCUT2D eigenvalue weighted by molar-refractivity contribution is -0.116. The lowest BCUT2D eigenvalue weighted by Gasteiger charge is -2.18. The Balaban J connectivity index is 1.53. The molecule has 154 valence electrons. The van der Waals surface area contributed by atoms with Gasteiger partial charge in [-0.15, -0.1) is 0 Å². The summed E-state index contributed by atoms with van der Waals surface area (Å²) in [4.78, 5) is 26.6. The topological polar surface area (TPSA) is 73.5 Å². The Morgan fingerprint density at radius 2 is 1.62 bits per heavy atom. The molecule has 29 heavy (non-hydrogen) atoms. The standard InChI is InChI=1S/C23H30N4O2/c1-3-7-22(28)26-21-9-6-8-20(17(21)2)24-16-23(29)25-18-10-12-19(13-11-18)27-14-4-5-15-27/h6,8-13,24H,3-5,7,14-16H2,1-2H3,(H,25,29)(H,26,28). The van der Waals surface area contributed by atoms with Crippen LogP contribution in [0.25, 0.3) is 0 Å². The number of hydrogen-bond donors (Lipinski definition) is 3. The molecule has 0 saturated carbocycles. The number of carbonyl (C=O) groups is 2. The third-order valence-electron chi connectivity index (χ3n) is 5.15. The Kier molecular flexibility index (Phi) is 7.11. The van der Waals surface area contributed by atoms with E-state index in [1.807, 2.05) is 44.2 Å². The molecule has 1 aliphatic rings. The number of benzene rings is 2. The second-order valence-electron chi connectivity index (χ2n) is 7.42. The number of hydrogen-bond acceptors (Lipinski definition) is 4. The van der Waals surface area contributed by atoms with Gasteiger partial charge in [-0.25, -0.2) is 0 Å². The molecule has 0 aromatic heterocycles. The fraction of sp³-hybridized carbons (Fsp3) is 0.391. The third-order valence-corrected chi connectivity index (χ3v) is 5.15. The number of amides is 2. The minimum atomic E-state index is -0.112. The van der Waals surface area contributed by atoms with Gasteiger partial charge in [-0.2, -0.15) is 0 Å². The van der Waals surface area contributed by atoms with Gasteiger partial charge in [0, 0.05) is 42.3 Å². The summed E-state index contributed by atoms with van der Waals surface area (Å²) in [6.07, 6.45) is 3.79. The minimum absolute atomic E-state index is 0.00266. The van der Waals surface area contributed by atoms with Crippen molar-refractivity contribution in [3.8, 4) is 0 Å². The molecule has 0 radical (unpaired) electrons. The van der Waals surface area contributed by atoms with Gasteiger partial charge in [-0.05, 0) is 68.1 Å². The van der Waals surface area contributed by atoms with Crippen LogP contribution >= 0.6 is 0 Å². The number of nitrogens with zero attached hydrogens (tertiary/aromatic N) is 1. The van der Waals surface area contributed by atoms with Crippen LogP contribution in [0.2, 0.25) is 0 Å². The van der Waals surface area contributed by atoms with Crippen molar-refractivity contribution in [1.82, 2.24) is 0 Å². The summed E-state index contributed by atoms with van der Waals surface area (Å²) in [5.74, 6) is -0.110. The van der Waals surface area contributed by atoms with Crippen molar-refractivity contribution in [1.29, 1.82) is 0 Å². The highest BCUT2D eigenvalue weighted by atomic mass is 16.2. The first-order chi connectivity index (χ1) is 14.1. The van der Waals surface area contributed by atoms with Crippen molar-refractivity contribution in [2.75, 3.05) is 40.5 Å². The molecule has 0 aliphatic carbocycles. The van der Waals surface area contributed by atoms with E-state index in [1.54, 1.807) is 0 Å². The summed E-state index contributed by atoms with van der Waals surface area (Å²) in [5.41, 5.74) is 4.51. The van der Waals surface area contributed by atoms with Crippen molar-refractivity contribution in [3.05, 3.63) is 48.0 Å². The zero-order valence-electron chi connectivity index (χ0n) is 17.3. The van der Waals surface area contributed by atoms with Crippen LogP contribution in [0.3, 0.4) is 0 Å². The van der Waals surface area contributed by atoms with Gasteiger partial charge in [0.25, 0.3) is 0 Å². The summed E-state index contributed by atoms with van der Waals surface area (Å²) in [6.45, 7) is 6.27. The molecule has 2 amide bonds. The third kappa shape index (κ3) is 5.73. The zero-order valence-corrected chi connectivity index (χ0v) is 17.3. The van der Waals surface area contributed by atoms with Crippen molar-refractivity contribution in [3.63, 3.8) is 0 Å². The summed E-state index contributed by atoms with van der Waals surface area (Å²) in [6, 6.07) is 13.6. The molecule has 0 atom stereocenters. The average Bonchev–Trinajstić information content (AvgIpc) is 3.24. The lowest BCUT2D eigenvalue weighted by Crippen LogP contribution is -2.22. The van der Waals surface area contributed by atoms with Gasteiger partial charge in [0.05, 0.1) is 6.54 Å². The van der Waals surface area contributed by atoms with E-state index in [9.17, 15) is 9.59 Å². The SMILES string of the molecule is CCCC(=O)Nc1cccc(NCC(=O)Nc2ccc(N3CCCC3)cc2)c1C. The van der Waals surface area contributed by atoms with Crippen LogP contribution in [0.1, 0.15) is 38.2 Å². The molecule has 3 N–H and O–H groups in total. The quantitative estimate of drug-likeness (QED) is 0.621. The first-order valence-electron chi connectivity index (χ1n) is 10.3. The molecular formula is C23H30N4O2. The van der Waals surface area contributed by atoms with E-state index in [4.69, 9.17) is 0 Å². The molecule has 0 unspecified atom stereocenters. The van der Waals surface area contributed by atoms with E-state index in [1.165, 1.54) is 18.5 Å². The Morgan fingerprint density at radius 1 is 0.931 bits per heavy atom. The molecule has 2 aromatic rings. The van der Waals surface area contributed by atoms with E-state index in [-0.39, 0.29) is 18.4 Å². The molecule has 0 bridgehead atoms. The molecular weight excluding hydrogens is 364 g/mol. The summed E-state index contributed by atoms with van der Waals surface area (Å²) in [5, 5.41) is 9.01. The monoisotopic (exact) mass is 394 g/mol. The maximum Gasteiger partial charge on any atom is 0.243 e. The van der Waals surface area contributed by atoms with Crippen LogP contribution < -0.4 is 20.9 Å². The van der Waals surface area contributed by atoms with E-state index < -0.39 is 0 Å². The molecule has 1 heterocycles. The molecule has 6 heteroatoms. The highest BCUT2D eigenvalue weighted by Gasteiger charge is 2.12. The zero-order chi connectivity index (χ0) is 20.6. The van der Waals surface area contributed by atoms with Crippen molar-refractivity contribution < 1.29 is 9.59 Å². The molecule has 1 fully saturated rings. The molecule has 1 saturated heterocycles.